The fourth-order valence-corrected chi connectivity index (χ4v) is 3.84. The van der Waals surface area contributed by atoms with Gasteiger partial charge in [0.05, 0.1) is 6.20 Å². The first-order valence-corrected chi connectivity index (χ1v) is 6.95. The topological polar surface area (TPSA) is 17.8 Å². The second-order valence-corrected chi connectivity index (χ2v) is 6.36. The minimum atomic E-state index is 0.313. The summed E-state index contributed by atoms with van der Waals surface area (Å²) < 4.78 is 2.29. The molecule has 0 bridgehead atoms. The lowest BCUT2D eigenvalue weighted by Crippen LogP contribution is -2.44. The van der Waals surface area contributed by atoms with E-state index in [0.717, 1.165) is 0 Å². The van der Waals surface area contributed by atoms with Crippen LogP contribution in [0.3, 0.4) is 0 Å². The average molecular weight is 234 g/mol. The molecule has 2 nitrogen and oxygen atoms in total. The maximum atomic E-state index is 4.61. The molecule has 2 heterocycles. The summed E-state index contributed by atoms with van der Waals surface area (Å²) in [4.78, 5) is 0. The fraction of sp³-hybridized carbons (Fsp3) is 0.800. The molecule has 2 rings (SSSR count). The molecule has 0 fully saturated rings. The summed E-state index contributed by atoms with van der Waals surface area (Å²) in [7, 11) is 0. The van der Waals surface area contributed by atoms with Crippen LogP contribution in [0.2, 0.25) is 0 Å². The van der Waals surface area contributed by atoms with Gasteiger partial charge in [-0.05, 0) is 44.1 Å². The molecule has 0 saturated heterocycles. The van der Waals surface area contributed by atoms with Crippen molar-refractivity contribution in [3.8, 4) is 0 Å². The van der Waals surface area contributed by atoms with E-state index in [1.54, 1.807) is 0 Å². The zero-order valence-electron chi connectivity index (χ0n) is 12.1. The zero-order valence-corrected chi connectivity index (χ0v) is 12.1. The van der Waals surface area contributed by atoms with Crippen molar-refractivity contribution in [1.82, 2.24) is 9.78 Å². The second-order valence-electron chi connectivity index (χ2n) is 6.36. The summed E-state index contributed by atoms with van der Waals surface area (Å²) in [6.07, 6.45) is 4.61. The van der Waals surface area contributed by atoms with Crippen LogP contribution in [-0.4, -0.2) is 9.78 Å². The van der Waals surface area contributed by atoms with E-state index in [1.165, 1.54) is 24.1 Å². The Labute approximate surface area is 105 Å². The normalized spacial score (nSPS) is 23.2. The lowest BCUT2D eigenvalue weighted by Gasteiger charge is -2.47. The Bertz CT molecular complexity index is 393. The summed E-state index contributed by atoms with van der Waals surface area (Å²) in [6, 6.07) is 0.560. The number of rotatable bonds is 2. The molecule has 1 aliphatic heterocycles. The van der Waals surface area contributed by atoms with Gasteiger partial charge in [-0.3, -0.25) is 4.68 Å². The van der Waals surface area contributed by atoms with Crippen molar-refractivity contribution in [2.75, 3.05) is 0 Å². The quantitative estimate of drug-likeness (QED) is 0.753. The predicted octanol–water partition coefficient (Wildman–Crippen LogP) is 4.10. The molecular formula is C15H26N2. The number of fused-ring (bicyclic) bond motifs is 1. The SMILES string of the molecule is Cc1cnn2c1C(C(C)C)(C(C)C)CCC2C. The highest BCUT2D eigenvalue weighted by molar-refractivity contribution is 5.29. The minimum absolute atomic E-state index is 0.313. The molecule has 0 aliphatic carbocycles. The number of hydrogen-bond acceptors (Lipinski definition) is 1. The molecular weight excluding hydrogens is 208 g/mol. The van der Waals surface area contributed by atoms with Gasteiger partial charge >= 0.3 is 0 Å². The van der Waals surface area contributed by atoms with Gasteiger partial charge in [-0.15, -0.1) is 0 Å². The Morgan fingerprint density at radius 3 is 2.41 bits per heavy atom. The molecule has 0 radical (unpaired) electrons. The first kappa shape index (κ1) is 12.7. The molecule has 96 valence electrons. The maximum Gasteiger partial charge on any atom is 0.0522 e. The third-order valence-corrected chi connectivity index (χ3v) is 4.87. The van der Waals surface area contributed by atoms with Gasteiger partial charge in [0.2, 0.25) is 0 Å². The molecule has 0 saturated carbocycles. The second kappa shape index (κ2) is 4.15. The summed E-state index contributed by atoms with van der Waals surface area (Å²) >= 11 is 0. The van der Waals surface area contributed by atoms with Crippen molar-refractivity contribution in [3.05, 3.63) is 17.5 Å². The van der Waals surface area contributed by atoms with Crippen LogP contribution in [0.15, 0.2) is 6.20 Å². The van der Waals surface area contributed by atoms with E-state index in [2.05, 4.69) is 57.5 Å². The number of aryl methyl sites for hydroxylation is 1. The highest BCUT2D eigenvalue weighted by atomic mass is 15.3. The van der Waals surface area contributed by atoms with Gasteiger partial charge in [-0.25, -0.2) is 0 Å². The first-order valence-electron chi connectivity index (χ1n) is 6.95. The smallest absolute Gasteiger partial charge is 0.0522 e. The predicted molar refractivity (Wildman–Crippen MR) is 72.3 cm³/mol. The minimum Gasteiger partial charge on any atom is -0.266 e. The Morgan fingerprint density at radius 1 is 1.29 bits per heavy atom. The molecule has 1 aromatic rings. The lowest BCUT2D eigenvalue weighted by molar-refractivity contribution is 0.141. The summed E-state index contributed by atoms with van der Waals surface area (Å²) in [6.45, 7) is 14.0. The molecule has 1 aromatic heterocycles. The molecule has 0 spiro atoms. The summed E-state index contributed by atoms with van der Waals surface area (Å²) in [5.41, 5.74) is 3.19. The molecule has 2 heteroatoms. The zero-order chi connectivity index (χ0) is 12.8. The van der Waals surface area contributed by atoms with Crippen molar-refractivity contribution in [2.24, 2.45) is 11.8 Å². The van der Waals surface area contributed by atoms with E-state index in [4.69, 9.17) is 0 Å². The average Bonchev–Trinajstić information content (AvgIpc) is 2.62. The summed E-state index contributed by atoms with van der Waals surface area (Å²) in [5, 5.41) is 4.61. The van der Waals surface area contributed by atoms with Crippen LogP contribution in [0.1, 0.15) is 64.8 Å². The van der Waals surface area contributed by atoms with Crippen LogP contribution in [0.25, 0.3) is 0 Å². The van der Waals surface area contributed by atoms with Crippen molar-refractivity contribution in [2.45, 2.75) is 65.8 Å². The van der Waals surface area contributed by atoms with E-state index in [1.807, 2.05) is 0 Å². The first-order chi connectivity index (χ1) is 7.91. The highest BCUT2D eigenvalue weighted by Crippen LogP contribution is 2.49. The molecule has 1 atom stereocenters. The Kier molecular flexibility index (Phi) is 3.09. The molecule has 17 heavy (non-hydrogen) atoms. The van der Waals surface area contributed by atoms with Crippen LogP contribution in [0.5, 0.6) is 0 Å². The largest absolute Gasteiger partial charge is 0.266 e. The maximum absolute atomic E-state index is 4.61. The summed E-state index contributed by atoms with van der Waals surface area (Å²) in [5.74, 6) is 1.34. The van der Waals surface area contributed by atoms with Crippen LogP contribution in [0.4, 0.5) is 0 Å². The van der Waals surface area contributed by atoms with E-state index in [-0.39, 0.29) is 0 Å². The van der Waals surface area contributed by atoms with Gasteiger partial charge in [0.15, 0.2) is 0 Å². The van der Waals surface area contributed by atoms with Crippen molar-refractivity contribution >= 4 is 0 Å². The van der Waals surface area contributed by atoms with Gasteiger partial charge in [-0.1, -0.05) is 27.7 Å². The Balaban J connectivity index is 2.64. The third-order valence-electron chi connectivity index (χ3n) is 4.87. The van der Waals surface area contributed by atoms with E-state index >= 15 is 0 Å². The third kappa shape index (κ3) is 1.64. The van der Waals surface area contributed by atoms with Crippen LogP contribution < -0.4 is 0 Å². The fourth-order valence-electron chi connectivity index (χ4n) is 3.84. The van der Waals surface area contributed by atoms with E-state index < -0.39 is 0 Å². The van der Waals surface area contributed by atoms with Gasteiger partial charge in [0.25, 0.3) is 0 Å². The van der Waals surface area contributed by atoms with E-state index in [9.17, 15) is 0 Å². The number of nitrogens with zero attached hydrogens (tertiary/aromatic N) is 2. The molecule has 1 aliphatic rings. The van der Waals surface area contributed by atoms with Crippen molar-refractivity contribution in [1.29, 1.82) is 0 Å². The monoisotopic (exact) mass is 234 g/mol. The van der Waals surface area contributed by atoms with Crippen molar-refractivity contribution in [3.63, 3.8) is 0 Å². The van der Waals surface area contributed by atoms with E-state index in [0.29, 0.717) is 23.3 Å². The standard InChI is InChI=1S/C15H26N2/c1-10(2)15(11(3)4)8-7-13(6)17-14(15)12(5)9-16-17/h9-11,13H,7-8H2,1-6H3. The van der Waals surface area contributed by atoms with Gasteiger partial charge in [0.1, 0.15) is 0 Å². The highest BCUT2D eigenvalue weighted by Gasteiger charge is 2.45. The van der Waals surface area contributed by atoms with Gasteiger partial charge < -0.3 is 0 Å². The van der Waals surface area contributed by atoms with Gasteiger partial charge in [0, 0.05) is 17.2 Å². The number of hydrogen-bond donors (Lipinski definition) is 0. The molecule has 0 N–H and O–H groups in total. The van der Waals surface area contributed by atoms with Gasteiger partial charge in [-0.2, -0.15) is 5.10 Å². The van der Waals surface area contributed by atoms with Crippen LogP contribution >= 0.6 is 0 Å². The Hall–Kier alpha value is -0.790. The van der Waals surface area contributed by atoms with Crippen molar-refractivity contribution < 1.29 is 0 Å². The molecule has 0 aromatic carbocycles. The Morgan fingerprint density at radius 2 is 1.88 bits per heavy atom. The van der Waals surface area contributed by atoms with Crippen LogP contribution in [-0.2, 0) is 5.41 Å². The molecule has 1 unspecified atom stereocenters. The molecule has 0 amide bonds. The number of aromatic nitrogens is 2. The van der Waals surface area contributed by atoms with Crippen LogP contribution in [0, 0.1) is 18.8 Å². The lowest BCUT2D eigenvalue weighted by atomic mass is 9.61.